The molecule has 28 heavy (non-hydrogen) atoms. The monoisotopic (exact) mass is 412 g/mol. The lowest BCUT2D eigenvalue weighted by atomic mass is 10.2. The molecule has 1 aliphatic rings. The number of nitrogens with zero attached hydrogens (tertiary/aromatic N) is 1. The molecule has 0 bridgehead atoms. The lowest BCUT2D eigenvalue weighted by Gasteiger charge is -2.18. The highest BCUT2D eigenvalue weighted by atomic mass is 35.5. The molecule has 0 saturated carbocycles. The van der Waals surface area contributed by atoms with E-state index >= 15 is 0 Å². The molecule has 4 rings (SSSR count). The number of hydrogen-bond acceptors (Lipinski definition) is 4. The van der Waals surface area contributed by atoms with Crippen LogP contribution in [0.25, 0.3) is 0 Å². The van der Waals surface area contributed by atoms with Gasteiger partial charge in [0.2, 0.25) is 0 Å². The molecule has 1 fully saturated rings. The Hall–Kier alpha value is -2.34. The van der Waals surface area contributed by atoms with E-state index in [9.17, 15) is 4.79 Å². The summed E-state index contributed by atoms with van der Waals surface area (Å²) in [5, 5.41) is 5.25. The predicted molar refractivity (Wildman–Crippen MR) is 114 cm³/mol. The molecule has 1 aromatic heterocycles. The van der Waals surface area contributed by atoms with E-state index in [4.69, 9.17) is 16.3 Å². The molecule has 1 atom stereocenters. The zero-order valence-corrected chi connectivity index (χ0v) is 16.9. The molecule has 2 aromatic carbocycles. The summed E-state index contributed by atoms with van der Waals surface area (Å²) in [6.07, 6.45) is 1.09. The number of carbonyl (C=O) groups excluding carboxylic acids is 1. The van der Waals surface area contributed by atoms with Crippen LogP contribution in [0.5, 0.6) is 5.75 Å². The van der Waals surface area contributed by atoms with E-state index in [-0.39, 0.29) is 12.0 Å². The Morgan fingerprint density at radius 3 is 2.79 bits per heavy atom. The van der Waals surface area contributed by atoms with E-state index in [1.807, 2.05) is 29.6 Å². The van der Waals surface area contributed by atoms with Gasteiger partial charge in [0.1, 0.15) is 11.9 Å². The number of hydrogen-bond donors (Lipinski definition) is 1. The lowest BCUT2D eigenvalue weighted by Crippen LogP contribution is -2.24. The minimum Gasteiger partial charge on any atom is -0.487 e. The number of anilines is 1. The van der Waals surface area contributed by atoms with E-state index in [0.717, 1.165) is 26.1 Å². The zero-order chi connectivity index (χ0) is 19.3. The Balaban J connectivity index is 1.33. The average molecular weight is 413 g/mol. The topological polar surface area (TPSA) is 41.6 Å². The van der Waals surface area contributed by atoms with Crippen LogP contribution < -0.4 is 10.1 Å². The molecule has 1 saturated heterocycles. The number of rotatable bonds is 6. The number of benzene rings is 2. The van der Waals surface area contributed by atoms with Gasteiger partial charge < -0.3 is 10.1 Å². The largest absolute Gasteiger partial charge is 0.487 e. The van der Waals surface area contributed by atoms with Gasteiger partial charge in [-0.1, -0.05) is 48.0 Å². The molecular formula is C22H21ClN2O2S. The fraction of sp³-hybridized carbons (Fsp3) is 0.227. The Bertz CT molecular complexity index is 931. The molecule has 1 amide bonds. The van der Waals surface area contributed by atoms with Crippen LogP contribution in [0.2, 0.25) is 5.02 Å². The Morgan fingerprint density at radius 2 is 2.04 bits per heavy atom. The minimum atomic E-state index is -0.132. The fourth-order valence-corrected chi connectivity index (χ4v) is 4.18. The van der Waals surface area contributed by atoms with E-state index in [1.165, 1.54) is 16.9 Å². The van der Waals surface area contributed by atoms with E-state index < -0.39 is 0 Å². The smallest absolute Gasteiger partial charge is 0.265 e. The van der Waals surface area contributed by atoms with E-state index in [1.54, 1.807) is 12.1 Å². The molecular weight excluding hydrogens is 392 g/mol. The minimum absolute atomic E-state index is 0.118. The highest BCUT2D eigenvalue weighted by molar-refractivity contribution is 7.12. The number of halogens is 1. The van der Waals surface area contributed by atoms with Gasteiger partial charge in [-0.15, -0.1) is 11.3 Å². The maximum atomic E-state index is 12.2. The van der Waals surface area contributed by atoms with Gasteiger partial charge in [0.15, 0.2) is 0 Å². The predicted octanol–water partition coefficient (Wildman–Crippen LogP) is 5.31. The lowest BCUT2D eigenvalue weighted by molar-refractivity contribution is 0.103. The molecule has 144 valence electrons. The summed E-state index contributed by atoms with van der Waals surface area (Å²) in [5.41, 5.74) is 1.97. The third kappa shape index (κ3) is 4.73. The summed E-state index contributed by atoms with van der Waals surface area (Å²) < 4.78 is 6.12. The number of carbonyl (C=O) groups is 1. The average Bonchev–Trinajstić information content (AvgIpc) is 3.37. The standard InChI is InChI=1S/C22H21ClN2O2S/c23-19-13-17(24-22(26)21-7-4-12-28-21)8-9-20(19)27-18-10-11-25(15-18)14-16-5-2-1-3-6-16/h1-9,12-13,18H,10-11,14-15H2,(H,24,26). The van der Waals surface area contributed by atoms with Crippen LogP contribution in [0.15, 0.2) is 66.0 Å². The summed E-state index contributed by atoms with van der Waals surface area (Å²) in [5.74, 6) is 0.523. The fourth-order valence-electron chi connectivity index (χ4n) is 3.33. The second-order valence-corrected chi connectivity index (χ2v) is 8.18. The number of thiophene rings is 1. The Kier molecular flexibility index (Phi) is 5.95. The first-order chi connectivity index (χ1) is 13.7. The van der Waals surface area contributed by atoms with Crippen molar-refractivity contribution in [1.29, 1.82) is 0 Å². The number of likely N-dealkylation sites (tertiary alicyclic amines) is 1. The first-order valence-electron chi connectivity index (χ1n) is 9.25. The van der Waals surface area contributed by atoms with Gasteiger partial charge in [-0.3, -0.25) is 9.69 Å². The summed E-state index contributed by atoms with van der Waals surface area (Å²) in [4.78, 5) is 15.2. The van der Waals surface area contributed by atoms with Crippen molar-refractivity contribution in [3.8, 4) is 5.75 Å². The molecule has 1 N–H and O–H groups in total. The van der Waals surface area contributed by atoms with Crippen molar-refractivity contribution in [3.63, 3.8) is 0 Å². The van der Waals surface area contributed by atoms with Gasteiger partial charge in [0.25, 0.3) is 5.91 Å². The maximum Gasteiger partial charge on any atom is 0.265 e. The number of amides is 1. The second kappa shape index (κ2) is 8.78. The van der Waals surface area contributed by atoms with Crippen LogP contribution in [-0.2, 0) is 6.54 Å². The van der Waals surface area contributed by atoms with Crippen LogP contribution in [-0.4, -0.2) is 30.0 Å². The number of ether oxygens (including phenoxy) is 1. The van der Waals surface area contributed by atoms with Crippen molar-refractivity contribution in [2.75, 3.05) is 18.4 Å². The van der Waals surface area contributed by atoms with Gasteiger partial charge in [-0.2, -0.15) is 0 Å². The van der Waals surface area contributed by atoms with Crippen LogP contribution in [0.4, 0.5) is 5.69 Å². The van der Waals surface area contributed by atoms with Gasteiger partial charge in [-0.25, -0.2) is 0 Å². The molecule has 2 heterocycles. The molecule has 1 unspecified atom stereocenters. The summed E-state index contributed by atoms with van der Waals surface area (Å²) in [6.45, 7) is 2.82. The molecule has 3 aromatic rings. The molecule has 4 nitrogen and oxygen atoms in total. The third-order valence-electron chi connectivity index (χ3n) is 4.71. The zero-order valence-electron chi connectivity index (χ0n) is 15.3. The quantitative estimate of drug-likeness (QED) is 0.596. The molecule has 6 heteroatoms. The van der Waals surface area contributed by atoms with Crippen LogP contribution in [0.3, 0.4) is 0 Å². The van der Waals surface area contributed by atoms with E-state index in [2.05, 4.69) is 34.5 Å². The van der Waals surface area contributed by atoms with Crippen LogP contribution >= 0.6 is 22.9 Å². The second-order valence-electron chi connectivity index (χ2n) is 6.83. The van der Waals surface area contributed by atoms with Crippen molar-refractivity contribution in [1.82, 2.24) is 4.90 Å². The van der Waals surface area contributed by atoms with Crippen LogP contribution in [0, 0.1) is 0 Å². The Morgan fingerprint density at radius 1 is 1.18 bits per heavy atom. The highest BCUT2D eigenvalue weighted by Crippen LogP contribution is 2.30. The maximum absolute atomic E-state index is 12.2. The van der Waals surface area contributed by atoms with Gasteiger partial charge in [0.05, 0.1) is 9.90 Å². The normalized spacial score (nSPS) is 16.8. The van der Waals surface area contributed by atoms with Gasteiger partial charge in [-0.05, 0) is 41.6 Å². The summed E-state index contributed by atoms with van der Waals surface area (Å²) in [7, 11) is 0. The first kappa shape index (κ1) is 19.0. The summed E-state index contributed by atoms with van der Waals surface area (Å²) in [6, 6.07) is 19.5. The van der Waals surface area contributed by atoms with Crippen LogP contribution in [0.1, 0.15) is 21.7 Å². The summed E-state index contributed by atoms with van der Waals surface area (Å²) >= 11 is 7.80. The van der Waals surface area contributed by atoms with Crippen molar-refractivity contribution in [2.24, 2.45) is 0 Å². The van der Waals surface area contributed by atoms with Crippen molar-refractivity contribution in [3.05, 3.63) is 81.5 Å². The molecule has 1 aliphatic heterocycles. The van der Waals surface area contributed by atoms with Crippen molar-refractivity contribution >= 4 is 34.5 Å². The van der Waals surface area contributed by atoms with Gasteiger partial charge in [0, 0.05) is 25.3 Å². The van der Waals surface area contributed by atoms with Crippen molar-refractivity contribution < 1.29 is 9.53 Å². The third-order valence-corrected chi connectivity index (χ3v) is 5.87. The molecule has 0 spiro atoms. The number of nitrogens with one attached hydrogen (secondary N) is 1. The van der Waals surface area contributed by atoms with Crippen molar-refractivity contribution in [2.45, 2.75) is 19.1 Å². The van der Waals surface area contributed by atoms with E-state index in [0.29, 0.717) is 21.3 Å². The van der Waals surface area contributed by atoms with Gasteiger partial charge >= 0.3 is 0 Å². The first-order valence-corrected chi connectivity index (χ1v) is 10.5. The molecule has 0 aliphatic carbocycles. The Labute approximate surface area is 173 Å². The molecule has 0 radical (unpaired) electrons. The SMILES string of the molecule is O=C(Nc1ccc(OC2CCN(Cc3ccccc3)C2)c(Cl)c1)c1cccs1. The highest BCUT2D eigenvalue weighted by Gasteiger charge is 2.24.